The van der Waals surface area contributed by atoms with Crippen LogP contribution in [0.3, 0.4) is 0 Å². The van der Waals surface area contributed by atoms with Crippen molar-refractivity contribution in [1.82, 2.24) is 5.32 Å². The van der Waals surface area contributed by atoms with E-state index in [0.29, 0.717) is 19.3 Å². The molecule has 1 heterocycles. The van der Waals surface area contributed by atoms with Crippen LogP contribution in [0.25, 0.3) is 0 Å². The van der Waals surface area contributed by atoms with Gasteiger partial charge in [0.1, 0.15) is 24.4 Å². The maximum atomic E-state index is 13.5. The lowest BCUT2D eigenvalue weighted by atomic mass is 9.99. The Morgan fingerprint density at radius 2 is 0.767 bits per heavy atom. The summed E-state index contributed by atoms with van der Waals surface area (Å²) in [5, 5.41) is 57.3. The van der Waals surface area contributed by atoms with Gasteiger partial charge < -0.3 is 45.1 Å². The van der Waals surface area contributed by atoms with E-state index in [1.54, 1.807) is 6.08 Å². The molecule has 8 unspecified atom stereocenters. The van der Waals surface area contributed by atoms with Crippen molar-refractivity contribution >= 4 is 11.9 Å². The largest absolute Gasteiger partial charge is 0.454 e. The SMILES string of the molecule is CCCCCCCC/C=C/CCCCCCCCCCCCCCCCCCC(O)C(=O)NC(COC1OC(CO)C(O)C(O)C1OC(=O)CCCCCCCCCCCCCCCCCCCCC)C(O)/C=C/CCCCCCCCCCCC. The quantitative estimate of drug-likeness (QED) is 0.0195. The third-order valence-corrected chi connectivity index (χ3v) is 18.1. The fraction of sp³-hybridized carbons (Fsp3) is 0.920. The molecular formula is C75H143NO10. The van der Waals surface area contributed by atoms with Crippen LogP contribution < -0.4 is 5.32 Å². The maximum absolute atomic E-state index is 13.5. The number of aliphatic hydroxyl groups excluding tert-OH is 5. The maximum Gasteiger partial charge on any atom is 0.306 e. The minimum atomic E-state index is -1.61. The molecule has 1 aliphatic rings. The normalized spacial score (nSPS) is 18.3. The first-order valence-corrected chi connectivity index (χ1v) is 37.6. The smallest absolute Gasteiger partial charge is 0.306 e. The third kappa shape index (κ3) is 49.9. The molecule has 0 saturated carbocycles. The molecule has 508 valence electrons. The summed E-state index contributed by atoms with van der Waals surface area (Å²) in [6.07, 6.45) is 66.6. The van der Waals surface area contributed by atoms with Gasteiger partial charge in [-0.1, -0.05) is 347 Å². The minimum absolute atomic E-state index is 0.131. The van der Waals surface area contributed by atoms with Crippen molar-refractivity contribution in [3.05, 3.63) is 24.3 Å². The van der Waals surface area contributed by atoms with E-state index in [1.807, 2.05) is 6.08 Å². The highest BCUT2D eigenvalue weighted by molar-refractivity contribution is 5.80. The molecule has 11 nitrogen and oxygen atoms in total. The summed E-state index contributed by atoms with van der Waals surface area (Å²) < 4.78 is 17.7. The van der Waals surface area contributed by atoms with Crippen LogP contribution in [0.2, 0.25) is 0 Å². The molecular weight excluding hydrogens is 1070 g/mol. The molecule has 11 heteroatoms. The second-order valence-corrected chi connectivity index (χ2v) is 26.4. The van der Waals surface area contributed by atoms with Crippen molar-refractivity contribution < 1.29 is 49.3 Å². The second kappa shape index (κ2) is 63.3. The zero-order valence-corrected chi connectivity index (χ0v) is 56.7. The summed E-state index contributed by atoms with van der Waals surface area (Å²) in [4.78, 5) is 26.7. The van der Waals surface area contributed by atoms with Gasteiger partial charge in [0, 0.05) is 6.42 Å². The van der Waals surface area contributed by atoms with Crippen LogP contribution in [-0.2, 0) is 23.8 Å². The number of carbonyl (C=O) groups excluding carboxylic acids is 2. The molecule has 1 saturated heterocycles. The van der Waals surface area contributed by atoms with Crippen LogP contribution in [0.15, 0.2) is 24.3 Å². The zero-order chi connectivity index (χ0) is 62.4. The number of ether oxygens (including phenoxy) is 3. The topological polar surface area (TPSA) is 175 Å². The molecule has 86 heavy (non-hydrogen) atoms. The summed E-state index contributed by atoms with van der Waals surface area (Å²) in [5.41, 5.74) is 0. The molecule has 8 atom stereocenters. The van der Waals surface area contributed by atoms with E-state index in [-0.39, 0.29) is 13.0 Å². The first kappa shape index (κ1) is 82.2. The number of hydrogen-bond donors (Lipinski definition) is 6. The van der Waals surface area contributed by atoms with E-state index < -0.39 is 67.4 Å². The molecule has 0 aromatic rings. The van der Waals surface area contributed by atoms with E-state index in [0.717, 1.165) is 57.8 Å². The standard InChI is InChI=1S/C75H143NO10/c1-4-7-10-13-16-19-22-25-27-29-31-32-33-34-35-36-37-39-40-42-44-47-50-53-56-59-62-68(79)74(83)76-66(67(78)61-58-55-52-49-46-24-21-18-15-12-9-6-3)65-84-75-73(72(82)71(81)69(64-77)85-75)86-70(80)63-60-57-54-51-48-45-43-41-38-30-28-26-23-20-17-14-11-8-5-2/h25,27,58,61,66-69,71-73,75,77-79,81-82H,4-24,26,28-57,59-60,62-65H2,1-3H3,(H,76,83)/b27-25+,61-58+. The van der Waals surface area contributed by atoms with Gasteiger partial charge in [-0.25, -0.2) is 0 Å². The van der Waals surface area contributed by atoms with Gasteiger partial charge in [-0.2, -0.15) is 0 Å². The number of unbranched alkanes of at least 4 members (excludes halogenated alkanes) is 50. The Bertz CT molecular complexity index is 1500. The first-order valence-electron chi connectivity index (χ1n) is 37.6. The molecule has 1 fully saturated rings. The summed E-state index contributed by atoms with van der Waals surface area (Å²) in [6.45, 7) is 5.86. The number of esters is 1. The van der Waals surface area contributed by atoms with Gasteiger partial charge in [0.2, 0.25) is 5.91 Å². The third-order valence-electron chi connectivity index (χ3n) is 18.1. The van der Waals surface area contributed by atoms with Gasteiger partial charge in [0.15, 0.2) is 12.4 Å². The molecule has 1 amide bonds. The number of aliphatic hydroxyl groups is 5. The number of hydrogen-bond acceptors (Lipinski definition) is 10. The van der Waals surface area contributed by atoms with Crippen molar-refractivity contribution in [3.63, 3.8) is 0 Å². The van der Waals surface area contributed by atoms with Crippen molar-refractivity contribution in [2.45, 2.75) is 429 Å². The molecule has 0 bridgehead atoms. The predicted octanol–water partition coefficient (Wildman–Crippen LogP) is 19.6. The monoisotopic (exact) mass is 1220 g/mol. The number of amides is 1. The zero-order valence-electron chi connectivity index (χ0n) is 56.7. The Kier molecular flexibility index (Phi) is 60.5. The van der Waals surface area contributed by atoms with Crippen LogP contribution in [-0.4, -0.2) is 99.6 Å². The highest BCUT2D eigenvalue weighted by Crippen LogP contribution is 2.27. The molecule has 0 spiro atoms. The van der Waals surface area contributed by atoms with E-state index in [2.05, 4.69) is 38.2 Å². The Morgan fingerprint density at radius 1 is 0.442 bits per heavy atom. The van der Waals surface area contributed by atoms with Gasteiger partial charge >= 0.3 is 5.97 Å². The Morgan fingerprint density at radius 3 is 1.13 bits per heavy atom. The van der Waals surface area contributed by atoms with E-state index in [9.17, 15) is 35.1 Å². The summed E-state index contributed by atoms with van der Waals surface area (Å²) in [7, 11) is 0. The van der Waals surface area contributed by atoms with Gasteiger partial charge in [0.25, 0.3) is 0 Å². The Labute approximate surface area is 531 Å². The highest BCUT2D eigenvalue weighted by atomic mass is 16.7. The van der Waals surface area contributed by atoms with Crippen LogP contribution in [0.1, 0.15) is 380 Å². The van der Waals surface area contributed by atoms with E-state index >= 15 is 0 Å². The number of rotatable bonds is 66. The lowest BCUT2D eigenvalue weighted by molar-refractivity contribution is -0.305. The second-order valence-electron chi connectivity index (χ2n) is 26.4. The summed E-state index contributed by atoms with van der Waals surface area (Å²) in [6, 6.07) is -1.02. The predicted molar refractivity (Wildman–Crippen MR) is 361 cm³/mol. The molecule has 0 aromatic heterocycles. The van der Waals surface area contributed by atoms with Crippen molar-refractivity contribution in [1.29, 1.82) is 0 Å². The first-order chi connectivity index (χ1) is 42.2. The summed E-state index contributed by atoms with van der Waals surface area (Å²) >= 11 is 0. The van der Waals surface area contributed by atoms with Crippen molar-refractivity contribution in [2.75, 3.05) is 13.2 Å². The Balaban J connectivity index is 2.52. The molecule has 1 rings (SSSR count). The van der Waals surface area contributed by atoms with Gasteiger partial charge in [-0.3, -0.25) is 9.59 Å². The van der Waals surface area contributed by atoms with Crippen LogP contribution in [0.4, 0.5) is 0 Å². The van der Waals surface area contributed by atoms with E-state index in [4.69, 9.17) is 14.2 Å². The van der Waals surface area contributed by atoms with Crippen molar-refractivity contribution in [3.8, 4) is 0 Å². The molecule has 0 radical (unpaired) electrons. The summed E-state index contributed by atoms with van der Waals surface area (Å²) in [5.74, 6) is -1.17. The fourth-order valence-electron chi connectivity index (χ4n) is 12.2. The van der Waals surface area contributed by atoms with Crippen LogP contribution >= 0.6 is 0 Å². The van der Waals surface area contributed by atoms with Gasteiger partial charge in [-0.05, 0) is 51.4 Å². The minimum Gasteiger partial charge on any atom is -0.454 e. The lowest BCUT2D eigenvalue weighted by Crippen LogP contribution is -2.61. The van der Waals surface area contributed by atoms with E-state index in [1.165, 1.54) is 276 Å². The van der Waals surface area contributed by atoms with Crippen LogP contribution in [0.5, 0.6) is 0 Å². The van der Waals surface area contributed by atoms with Gasteiger partial charge in [-0.15, -0.1) is 0 Å². The van der Waals surface area contributed by atoms with Crippen LogP contribution in [0, 0.1) is 0 Å². The average Bonchev–Trinajstić information content (AvgIpc) is 3.68. The number of allylic oxidation sites excluding steroid dienone is 3. The molecule has 1 aliphatic heterocycles. The number of nitrogens with one attached hydrogen (secondary N) is 1. The molecule has 0 aromatic carbocycles. The average molecular weight is 1220 g/mol. The highest BCUT2D eigenvalue weighted by Gasteiger charge is 2.47. The Hall–Kier alpha value is -1.86. The molecule has 6 N–H and O–H groups in total. The lowest BCUT2D eigenvalue weighted by Gasteiger charge is -2.41. The fourth-order valence-corrected chi connectivity index (χ4v) is 12.2. The molecule has 0 aliphatic carbocycles. The van der Waals surface area contributed by atoms with Crippen molar-refractivity contribution in [2.24, 2.45) is 0 Å². The number of carbonyl (C=O) groups is 2. The van der Waals surface area contributed by atoms with Gasteiger partial charge in [0.05, 0.1) is 25.4 Å².